The predicted molar refractivity (Wildman–Crippen MR) is 69.1 cm³/mol. The summed E-state index contributed by atoms with van der Waals surface area (Å²) in [6, 6.07) is 6.84. The number of hydrazine groups is 1. The number of halogens is 1. The summed E-state index contributed by atoms with van der Waals surface area (Å²) < 4.78 is 0. The lowest BCUT2D eigenvalue weighted by Crippen LogP contribution is -2.28. The van der Waals surface area contributed by atoms with Crippen LogP contribution in [0.1, 0.15) is 12.8 Å². The number of benzene rings is 1. The molecule has 0 saturated carbocycles. The summed E-state index contributed by atoms with van der Waals surface area (Å²) in [4.78, 5) is 34.2. The van der Waals surface area contributed by atoms with Crippen molar-refractivity contribution in [1.29, 1.82) is 0 Å². The molecule has 0 radical (unpaired) electrons. The van der Waals surface area contributed by atoms with Gasteiger partial charge < -0.3 is 5.32 Å². The molecular formula is C12H12ClN3O3. The first-order valence-electron chi connectivity index (χ1n) is 5.72. The van der Waals surface area contributed by atoms with E-state index in [4.69, 9.17) is 11.6 Å². The van der Waals surface area contributed by atoms with Gasteiger partial charge in [0.1, 0.15) is 5.92 Å². The average molecular weight is 282 g/mol. The van der Waals surface area contributed by atoms with Crippen LogP contribution in [0, 0.1) is 5.92 Å². The van der Waals surface area contributed by atoms with Gasteiger partial charge in [0.2, 0.25) is 5.91 Å². The van der Waals surface area contributed by atoms with Gasteiger partial charge in [-0.2, -0.15) is 0 Å². The lowest BCUT2D eigenvalue weighted by Gasteiger charge is -2.07. The second-order valence-electron chi connectivity index (χ2n) is 4.10. The highest BCUT2D eigenvalue weighted by Gasteiger charge is 2.32. The van der Waals surface area contributed by atoms with Crippen LogP contribution in [0.5, 0.6) is 0 Å². The monoisotopic (exact) mass is 281 g/mol. The number of carbonyl (C=O) groups is 3. The van der Waals surface area contributed by atoms with E-state index >= 15 is 0 Å². The summed E-state index contributed by atoms with van der Waals surface area (Å²) in [6.45, 7) is 0. The van der Waals surface area contributed by atoms with Crippen LogP contribution in [0.4, 0.5) is 5.69 Å². The van der Waals surface area contributed by atoms with E-state index < -0.39 is 17.7 Å². The Bertz CT molecular complexity index is 517. The molecule has 1 aromatic carbocycles. The Morgan fingerprint density at radius 2 is 1.84 bits per heavy atom. The zero-order chi connectivity index (χ0) is 13.8. The van der Waals surface area contributed by atoms with Gasteiger partial charge in [-0.25, -0.2) is 0 Å². The molecule has 0 aromatic heterocycles. The largest absolute Gasteiger partial charge is 0.325 e. The van der Waals surface area contributed by atoms with Crippen LogP contribution < -0.4 is 16.2 Å². The van der Waals surface area contributed by atoms with E-state index in [2.05, 4.69) is 16.2 Å². The minimum absolute atomic E-state index is 0.0662. The number of hydrogen-bond donors (Lipinski definition) is 3. The fourth-order valence-electron chi connectivity index (χ4n) is 1.73. The van der Waals surface area contributed by atoms with Crippen molar-refractivity contribution in [2.24, 2.45) is 5.92 Å². The standard InChI is InChI=1S/C12H12ClN3O3/c13-8-3-1-2-4-9(8)14-10(17)6-5-7-11(18)15-16-12(7)19/h1-4,7H,5-6H2,(H,14,17)(H,15,18)(H,16,19). The van der Waals surface area contributed by atoms with E-state index in [0.717, 1.165) is 0 Å². The number of para-hydroxylation sites is 1. The highest BCUT2D eigenvalue weighted by atomic mass is 35.5. The Hall–Kier alpha value is -2.08. The molecule has 1 aliphatic heterocycles. The quantitative estimate of drug-likeness (QED) is 0.715. The van der Waals surface area contributed by atoms with Gasteiger partial charge in [0.15, 0.2) is 0 Å². The van der Waals surface area contributed by atoms with Crippen LogP contribution >= 0.6 is 11.6 Å². The van der Waals surface area contributed by atoms with E-state index in [1.165, 1.54) is 0 Å². The topological polar surface area (TPSA) is 87.3 Å². The molecule has 6 nitrogen and oxygen atoms in total. The molecule has 7 heteroatoms. The van der Waals surface area contributed by atoms with Crippen molar-refractivity contribution in [1.82, 2.24) is 10.9 Å². The minimum Gasteiger partial charge on any atom is -0.325 e. The maximum Gasteiger partial charge on any atom is 0.251 e. The van der Waals surface area contributed by atoms with Crippen molar-refractivity contribution >= 4 is 35.0 Å². The SMILES string of the molecule is O=C(CCC1C(=O)NNC1=O)Nc1ccccc1Cl. The zero-order valence-electron chi connectivity index (χ0n) is 9.90. The van der Waals surface area contributed by atoms with Crippen LogP contribution in [-0.2, 0) is 14.4 Å². The summed E-state index contributed by atoms with van der Waals surface area (Å²) in [7, 11) is 0. The number of rotatable bonds is 4. The van der Waals surface area contributed by atoms with Gasteiger partial charge in [0.05, 0.1) is 10.7 Å². The molecule has 2 rings (SSSR count). The molecule has 1 aromatic rings. The zero-order valence-corrected chi connectivity index (χ0v) is 10.7. The predicted octanol–water partition coefficient (Wildman–Crippen LogP) is 0.836. The molecule has 19 heavy (non-hydrogen) atoms. The van der Waals surface area contributed by atoms with E-state index in [0.29, 0.717) is 10.7 Å². The van der Waals surface area contributed by atoms with Gasteiger partial charge in [-0.3, -0.25) is 25.2 Å². The maximum atomic E-state index is 11.7. The second kappa shape index (κ2) is 5.71. The Morgan fingerprint density at radius 3 is 2.47 bits per heavy atom. The highest BCUT2D eigenvalue weighted by Crippen LogP contribution is 2.21. The van der Waals surface area contributed by atoms with Crippen LogP contribution in [0.25, 0.3) is 0 Å². The molecular weight excluding hydrogens is 270 g/mol. The number of carbonyl (C=O) groups excluding carboxylic acids is 3. The average Bonchev–Trinajstić information content (AvgIpc) is 2.70. The summed E-state index contributed by atoms with van der Waals surface area (Å²) >= 11 is 5.90. The summed E-state index contributed by atoms with van der Waals surface area (Å²) in [5, 5.41) is 3.07. The first-order chi connectivity index (χ1) is 9.08. The molecule has 0 bridgehead atoms. The number of amides is 3. The minimum atomic E-state index is -0.808. The van der Waals surface area contributed by atoms with E-state index in [1.807, 2.05) is 0 Å². The molecule has 0 atom stereocenters. The molecule has 100 valence electrons. The molecule has 1 fully saturated rings. The summed E-state index contributed by atoms with van der Waals surface area (Å²) in [6.07, 6.45) is 0.227. The lowest BCUT2D eigenvalue weighted by atomic mass is 10.0. The fraction of sp³-hybridized carbons (Fsp3) is 0.250. The van der Waals surface area contributed by atoms with E-state index in [1.54, 1.807) is 24.3 Å². The number of hydrogen-bond acceptors (Lipinski definition) is 3. The lowest BCUT2D eigenvalue weighted by molar-refractivity contribution is -0.128. The molecule has 1 saturated heterocycles. The smallest absolute Gasteiger partial charge is 0.251 e. The van der Waals surface area contributed by atoms with Crippen LogP contribution in [-0.4, -0.2) is 17.7 Å². The van der Waals surface area contributed by atoms with Crippen molar-refractivity contribution in [3.8, 4) is 0 Å². The molecule has 3 N–H and O–H groups in total. The van der Waals surface area contributed by atoms with Gasteiger partial charge in [0.25, 0.3) is 11.8 Å². The first kappa shape index (κ1) is 13.4. The third kappa shape index (κ3) is 3.23. The third-order valence-electron chi connectivity index (χ3n) is 2.75. The third-order valence-corrected chi connectivity index (χ3v) is 3.08. The van der Waals surface area contributed by atoms with Crippen molar-refractivity contribution < 1.29 is 14.4 Å². The van der Waals surface area contributed by atoms with Crippen molar-refractivity contribution in [3.05, 3.63) is 29.3 Å². The van der Waals surface area contributed by atoms with Crippen LogP contribution in [0.2, 0.25) is 5.02 Å². The molecule has 0 unspecified atom stereocenters. The Morgan fingerprint density at radius 1 is 1.21 bits per heavy atom. The molecule has 0 spiro atoms. The Labute approximate surface area is 114 Å². The van der Waals surface area contributed by atoms with Crippen molar-refractivity contribution in [2.45, 2.75) is 12.8 Å². The molecule has 0 aliphatic carbocycles. The van der Waals surface area contributed by atoms with E-state index in [-0.39, 0.29) is 18.7 Å². The van der Waals surface area contributed by atoms with Gasteiger partial charge in [0, 0.05) is 6.42 Å². The fourth-order valence-corrected chi connectivity index (χ4v) is 1.91. The van der Waals surface area contributed by atoms with Crippen molar-refractivity contribution in [2.75, 3.05) is 5.32 Å². The van der Waals surface area contributed by atoms with Crippen LogP contribution in [0.3, 0.4) is 0 Å². The first-order valence-corrected chi connectivity index (χ1v) is 6.10. The summed E-state index contributed by atoms with van der Waals surface area (Å²) in [5.41, 5.74) is 4.93. The van der Waals surface area contributed by atoms with Crippen molar-refractivity contribution in [3.63, 3.8) is 0 Å². The Balaban J connectivity index is 1.87. The van der Waals surface area contributed by atoms with Gasteiger partial charge >= 0.3 is 0 Å². The number of nitrogens with one attached hydrogen (secondary N) is 3. The molecule has 1 heterocycles. The number of anilines is 1. The molecule has 3 amide bonds. The van der Waals surface area contributed by atoms with Gasteiger partial charge in [-0.05, 0) is 18.6 Å². The van der Waals surface area contributed by atoms with Gasteiger partial charge in [-0.1, -0.05) is 23.7 Å². The van der Waals surface area contributed by atoms with Gasteiger partial charge in [-0.15, -0.1) is 0 Å². The highest BCUT2D eigenvalue weighted by molar-refractivity contribution is 6.33. The second-order valence-corrected chi connectivity index (χ2v) is 4.50. The molecule has 1 aliphatic rings. The Kier molecular flexibility index (Phi) is 4.01. The summed E-state index contributed by atoms with van der Waals surface area (Å²) in [5.74, 6) is -1.91. The normalized spacial score (nSPS) is 15.0. The van der Waals surface area contributed by atoms with Crippen LogP contribution in [0.15, 0.2) is 24.3 Å². The maximum absolute atomic E-state index is 11.7. The van der Waals surface area contributed by atoms with E-state index in [9.17, 15) is 14.4 Å².